The molecule has 2 atom stereocenters. The van der Waals surface area contributed by atoms with Crippen molar-refractivity contribution < 1.29 is 13.5 Å². The van der Waals surface area contributed by atoms with Crippen LogP contribution in [0.4, 0.5) is 8.78 Å². The first-order valence-electron chi connectivity index (χ1n) is 7.93. The molecule has 4 nitrogen and oxygen atoms in total. The average Bonchev–Trinajstić information content (AvgIpc) is 3.45. The maximum absolute atomic E-state index is 13.7. The van der Waals surface area contributed by atoms with E-state index in [4.69, 9.17) is 4.74 Å². The summed E-state index contributed by atoms with van der Waals surface area (Å²) in [6, 6.07) is 8.44. The fourth-order valence-corrected chi connectivity index (χ4v) is 3.07. The van der Waals surface area contributed by atoms with Crippen molar-refractivity contribution in [2.75, 3.05) is 7.11 Å². The molecule has 1 saturated carbocycles. The van der Waals surface area contributed by atoms with Crippen LogP contribution in [0.1, 0.15) is 29.4 Å². The van der Waals surface area contributed by atoms with Crippen molar-refractivity contribution in [3.05, 3.63) is 71.7 Å². The number of hydrogen-bond donors (Lipinski definition) is 0. The van der Waals surface area contributed by atoms with Crippen LogP contribution in [0, 0.1) is 11.6 Å². The highest BCUT2D eigenvalue weighted by Crippen LogP contribution is 2.55. The van der Waals surface area contributed by atoms with E-state index in [1.54, 1.807) is 30.7 Å². The summed E-state index contributed by atoms with van der Waals surface area (Å²) in [5.74, 6) is -0.924. The van der Waals surface area contributed by atoms with Crippen molar-refractivity contribution in [1.82, 2.24) is 15.0 Å². The third kappa shape index (κ3) is 2.95. The van der Waals surface area contributed by atoms with Crippen LogP contribution in [-0.2, 0) is 0 Å². The van der Waals surface area contributed by atoms with Crippen LogP contribution in [0.15, 0.2) is 48.9 Å². The molecule has 4 rings (SSSR count). The number of methoxy groups -OCH3 is 1. The molecular formula is C19H15F2N3O. The van der Waals surface area contributed by atoms with Gasteiger partial charge in [-0.1, -0.05) is 6.07 Å². The van der Waals surface area contributed by atoms with E-state index in [-0.39, 0.29) is 17.6 Å². The molecule has 2 aromatic heterocycles. The summed E-state index contributed by atoms with van der Waals surface area (Å²) < 4.78 is 32.2. The predicted octanol–water partition coefficient (Wildman–Crippen LogP) is 4.10. The average molecular weight is 339 g/mol. The largest absolute Gasteiger partial charge is 0.494 e. The normalized spacial score (nSPS) is 18.8. The van der Waals surface area contributed by atoms with Crippen LogP contribution in [0.25, 0.3) is 11.5 Å². The lowest BCUT2D eigenvalue weighted by Gasteiger charge is -2.07. The molecule has 1 aliphatic carbocycles. The Bertz CT molecular complexity index is 901. The molecule has 0 bridgehead atoms. The molecule has 6 heteroatoms. The third-order valence-electron chi connectivity index (χ3n) is 4.47. The number of rotatable bonds is 4. The Morgan fingerprint density at radius 3 is 2.44 bits per heavy atom. The minimum Gasteiger partial charge on any atom is -0.494 e. The first-order chi connectivity index (χ1) is 12.2. The van der Waals surface area contributed by atoms with Gasteiger partial charge in [0.25, 0.3) is 0 Å². The Kier molecular flexibility index (Phi) is 3.87. The number of ether oxygens (including phenoxy) is 1. The van der Waals surface area contributed by atoms with Gasteiger partial charge in [-0.15, -0.1) is 0 Å². The highest BCUT2D eigenvalue weighted by Gasteiger charge is 2.40. The molecule has 25 heavy (non-hydrogen) atoms. The van der Waals surface area contributed by atoms with Gasteiger partial charge in [0.1, 0.15) is 5.69 Å². The van der Waals surface area contributed by atoms with E-state index in [0.29, 0.717) is 11.5 Å². The van der Waals surface area contributed by atoms with Crippen LogP contribution in [0.2, 0.25) is 0 Å². The van der Waals surface area contributed by atoms with Gasteiger partial charge in [0.2, 0.25) is 5.82 Å². The Morgan fingerprint density at radius 2 is 1.76 bits per heavy atom. The summed E-state index contributed by atoms with van der Waals surface area (Å²) in [6.45, 7) is 0. The minimum atomic E-state index is -0.947. The predicted molar refractivity (Wildman–Crippen MR) is 88.3 cm³/mol. The van der Waals surface area contributed by atoms with E-state index < -0.39 is 11.6 Å². The summed E-state index contributed by atoms with van der Waals surface area (Å²) in [4.78, 5) is 12.8. The summed E-state index contributed by atoms with van der Waals surface area (Å²) in [7, 11) is 1.33. The topological polar surface area (TPSA) is 47.9 Å². The van der Waals surface area contributed by atoms with Crippen molar-refractivity contribution in [1.29, 1.82) is 0 Å². The number of nitrogens with zero attached hydrogens (tertiary/aromatic N) is 3. The number of aromatic nitrogens is 3. The molecular weight excluding hydrogens is 324 g/mol. The smallest absolute Gasteiger partial charge is 0.200 e. The Morgan fingerprint density at radius 1 is 1.00 bits per heavy atom. The van der Waals surface area contributed by atoms with Crippen molar-refractivity contribution in [3.8, 4) is 17.3 Å². The Balaban J connectivity index is 1.55. The van der Waals surface area contributed by atoms with E-state index in [1.807, 2.05) is 12.1 Å². The quantitative estimate of drug-likeness (QED) is 0.718. The van der Waals surface area contributed by atoms with Crippen LogP contribution >= 0.6 is 0 Å². The fraction of sp³-hybridized carbons (Fsp3) is 0.211. The number of hydrogen-bond acceptors (Lipinski definition) is 4. The first-order valence-corrected chi connectivity index (χ1v) is 7.93. The SMILES string of the molecule is COc1cc([C@@H]2C[C@H]2c2ccc(-c3ncccn3)nc2)cc(F)c1F. The molecule has 1 fully saturated rings. The molecule has 0 radical (unpaired) electrons. The van der Waals surface area contributed by atoms with Crippen LogP contribution < -0.4 is 4.74 Å². The maximum Gasteiger partial charge on any atom is 0.200 e. The zero-order valence-corrected chi connectivity index (χ0v) is 13.5. The Hall–Kier alpha value is -2.89. The minimum absolute atomic E-state index is 0.0599. The van der Waals surface area contributed by atoms with Gasteiger partial charge in [-0.3, -0.25) is 4.98 Å². The number of pyridine rings is 1. The number of benzene rings is 1. The molecule has 3 aromatic rings. The van der Waals surface area contributed by atoms with Crippen molar-refractivity contribution in [2.24, 2.45) is 0 Å². The van der Waals surface area contributed by atoms with Gasteiger partial charge < -0.3 is 4.74 Å². The lowest BCUT2D eigenvalue weighted by molar-refractivity contribution is 0.371. The fourth-order valence-electron chi connectivity index (χ4n) is 3.07. The highest BCUT2D eigenvalue weighted by atomic mass is 19.2. The number of halogens is 2. The lowest BCUT2D eigenvalue weighted by atomic mass is 10.0. The highest BCUT2D eigenvalue weighted by molar-refractivity contribution is 5.49. The van der Waals surface area contributed by atoms with E-state index >= 15 is 0 Å². The van der Waals surface area contributed by atoms with E-state index in [2.05, 4.69) is 15.0 Å². The summed E-state index contributed by atoms with van der Waals surface area (Å²) in [6.07, 6.45) is 6.02. The second-order valence-corrected chi connectivity index (χ2v) is 6.02. The van der Waals surface area contributed by atoms with Gasteiger partial charge in [-0.2, -0.15) is 4.39 Å². The molecule has 2 heterocycles. The first kappa shape index (κ1) is 15.6. The second-order valence-electron chi connectivity index (χ2n) is 6.02. The summed E-state index contributed by atoms with van der Waals surface area (Å²) in [5, 5.41) is 0. The zero-order valence-electron chi connectivity index (χ0n) is 13.5. The molecule has 0 unspecified atom stereocenters. The molecule has 1 aliphatic rings. The summed E-state index contributed by atoms with van der Waals surface area (Å²) >= 11 is 0. The van der Waals surface area contributed by atoms with E-state index in [1.165, 1.54) is 13.2 Å². The standard InChI is InChI=1S/C19H15F2N3O/c1-25-17-8-12(7-15(20)18(17)21)14-9-13(14)11-3-4-16(24-10-11)19-22-5-2-6-23-19/h2-8,10,13-14H,9H2,1H3/t13-,14-/m0/s1. The van der Waals surface area contributed by atoms with Crippen LogP contribution in [0.5, 0.6) is 5.75 Å². The van der Waals surface area contributed by atoms with Gasteiger partial charge in [0.05, 0.1) is 7.11 Å². The van der Waals surface area contributed by atoms with Crippen molar-refractivity contribution in [3.63, 3.8) is 0 Å². The molecule has 0 saturated heterocycles. The molecule has 1 aromatic carbocycles. The molecule has 0 N–H and O–H groups in total. The van der Waals surface area contributed by atoms with Crippen LogP contribution in [0.3, 0.4) is 0 Å². The molecule has 126 valence electrons. The van der Waals surface area contributed by atoms with Gasteiger partial charge in [0, 0.05) is 18.6 Å². The van der Waals surface area contributed by atoms with Crippen LogP contribution in [-0.4, -0.2) is 22.1 Å². The second kappa shape index (κ2) is 6.20. The lowest BCUT2D eigenvalue weighted by Crippen LogP contribution is -1.96. The van der Waals surface area contributed by atoms with E-state index in [0.717, 1.165) is 17.5 Å². The zero-order chi connectivity index (χ0) is 17.4. The van der Waals surface area contributed by atoms with Gasteiger partial charge in [-0.05, 0) is 53.6 Å². The molecule has 0 aliphatic heterocycles. The van der Waals surface area contributed by atoms with Gasteiger partial charge >= 0.3 is 0 Å². The van der Waals surface area contributed by atoms with Crippen molar-refractivity contribution in [2.45, 2.75) is 18.3 Å². The Labute approximate surface area is 143 Å². The third-order valence-corrected chi connectivity index (χ3v) is 4.47. The molecule has 0 amide bonds. The monoisotopic (exact) mass is 339 g/mol. The van der Waals surface area contributed by atoms with Crippen molar-refractivity contribution >= 4 is 0 Å². The maximum atomic E-state index is 13.7. The van der Waals surface area contributed by atoms with E-state index in [9.17, 15) is 8.78 Å². The van der Waals surface area contributed by atoms with Gasteiger partial charge in [0.15, 0.2) is 17.4 Å². The molecule has 0 spiro atoms. The van der Waals surface area contributed by atoms with Gasteiger partial charge in [-0.25, -0.2) is 14.4 Å². The summed E-state index contributed by atoms with van der Waals surface area (Å²) in [5.41, 5.74) is 2.51.